The first-order chi connectivity index (χ1) is 16.9. The summed E-state index contributed by atoms with van der Waals surface area (Å²) in [5.41, 5.74) is 1.49. The number of halogens is 2. The summed E-state index contributed by atoms with van der Waals surface area (Å²) in [5, 5.41) is 2.32. The molecule has 0 radical (unpaired) electrons. The summed E-state index contributed by atoms with van der Waals surface area (Å²) in [5.74, 6) is -0.253. The molecule has 1 saturated heterocycles. The first-order valence-corrected chi connectivity index (χ1v) is 13.2. The fourth-order valence-electron chi connectivity index (χ4n) is 4.32. The van der Waals surface area contributed by atoms with Gasteiger partial charge in [-0.05, 0) is 77.2 Å². The van der Waals surface area contributed by atoms with Gasteiger partial charge in [0.15, 0.2) is 11.5 Å². The molecule has 1 heterocycles. The standard InChI is InChI=1S/C26H26Br2N2O5/c1-2-34-22-14-17(13-21(28)23(22)35-15-16-8-10-18(27)11-9-16)12-20-24(31)29-26(33)30(25(20)32)19-6-4-3-5-7-19/h8-14,19H,2-7,15H2,1H3,(H,29,31,33). The van der Waals surface area contributed by atoms with E-state index in [0.29, 0.717) is 34.7 Å². The average molecular weight is 606 g/mol. The normalized spacial score (nSPS) is 18.1. The molecule has 1 saturated carbocycles. The van der Waals surface area contributed by atoms with Gasteiger partial charge in [0.25, 0.3) is 11.8 Å². The fraction of sp³-hybridized carbons (Fsp3) is 0.346. The van der Waals surface area contributed by atoms with Crippen molar-refractivity contribution in [3.8, 4) is 11.5 Å². The van der Waals surface area contributed by atoms with Gasteiger partial charge in [0.05, 0.1) is 11.1 Å². The molecule has 0 aromatic heterocycles. The highest BCUT2D eigenvalue weighted by atomic mass is 79.9. The molecule has 9 heteroatoms. The average Bonchev–Trinajstić information content (AvgIpc) is 2.83. The Kier molecular flexibility index (Phi) is 8.28. The Bertz CT molecular complexity index is 1160. The van der Waals surface area contributed by atoms with Crippen molar-refractivity contribution in [2.24, 2.45) is 0 Å². The molecule has 184 valence electrons. The van der Waals surface area contributed by atoms with Gasteiger partial charge >= 0.3 is 6.03 Å². The quantitative estimate of drug-likeness (QED) is 0.310. The second-order valence-electron chi connectivity index (χ2n) is 8.46. The third-order valence-corrected chi connectivity index (χ3v) is 7.13. The number of carbonyl (C=O) groups excluding carboxylic acids is 3. The number of barbiturate groups is 1. The van der Waals surface area contributed by atoms with Crippen LogP contribution in [0.3, 0.4) is 0 Å². The SMILES string of the molecule is CCOc1cc(C=C2C(=O)NC(=O)N(C3CCCCC3)C2=O)cc(Br)c1OCc1ccc(Br)cc1. The Hall–Kier alpha value is -2.65. The molecule has 4 amide bonds. The molecule has 0 spiro atoms. The maximum absolute atomic E-state index is 13.2. The third-order valence-electron chi connectivity index (χ3n) is 6.01. The lowest BCUT2D eigenvalue weighted by Crippen LogP contribution is -2.58. The molecule has 1 N–H and O–H groups in total. The number of ether oxygens (including phenoxy) is 2. The Morgan fingerprint density at radius 3 is 2.43 bits per heavy atom. The van der Waals surface area contributed by atoms with E-state index in [1.54, 1.807) is 12.1 Å². The largest absolute Gasteiger partial charge is 0.490 e. The van der Waals surface area contributed by atoms with E-state index < -0.39 is 17.8 Å². The Balaban J connectivity index is 1.61. The van der Waals surface area contributed by atoms with Crippen LogP contribution < -0.4 is 14.8 Å². The first-order valence-electron chi connectivity index (χ1n) is 11.6. The summed E-state index contributed by atoms with van der Waals surface area (Å²) in [6.07, 6.45) is 6.01. The van der Waals surface area contributed by atoms with Crippen LogP contribution in [0.1, 0.15) is 50.2 Å². The van der Waals surface area contributed by atoms with Gasteiger partial charge in [-0.15, -0.1) is 0 Å². The van der Waals surface area contributed by atoms with E-state index in [2.05, 4.69) is 37.2 Å². The van der Waals surface area contributed by atoms with Gasteiger partial charge in [-0.2, -0.15) is 0 Å². The van der Waals surface area contributed by atoms with E-state index >= 15 is 0 Å². The molecule has 2 aromatic rings. The van der Waals surface area contributed by atoms with Crippen LogP contribution in [0, 0.1) is 0 Å². The molecule has 4 rings (SSSR count). The number of nitrogens with one attached hydrogen (secondary N) is 1. The Morgan fingerprint density at radius 2 is 1.74 bits per heavy atom. The lowest BCUT2D eigenvalue weighted by molar-refractivity contribution is -0.132. The summed E-state index contributed by atoms with van der Waals surface area (Å²) in [4.78, 5) is 39.4. The second kappa shape index (κ2) is 11.4. The molecule has 0 unspecified atom stereocenters. The van der Waals surface area contributed by atoms with Crippen LogP contribution in [0.2, 0.25) is 0 Å². The van der Waals surface area contributed by atoms with Gasteiger partial charge in [-0.1, -0.05) is 47.3 Å². The summed E-state index contributed by atoms with van der Waals surface area (Å²) in [6.45, 7) is 2.61. The van der Waals surface area contributed by atoms with Crippen LogP contribution >= 0.6 is 31.9 Å². The summed E-state index contributed by atoms with van der Waals surface area (Å²) in [6, 6.07) is 10.5. The predicted molar refractivity (Wildman–Crippen MR) is 139 cm³/mol. The summed E-state index contributed by atoms with van der Waals surface area (Å²) in [7, 11) is 0. The van der Waals surface area contributed by atoms with Gasteiger partial charge in [0, 0.05) is 10.5 Å². The van der Waals surface area contributed by atoms with Crippen molar-refractivity contribution in [1.29, 1.82) is 0 Å². The van der Waals surface area contributed by atoms with E-state index in [4.69, 9.17) is 9.47 Å². The highest BCUT2D eigenvalue weighted by molar-refractivity contribution is 9.10. The van der Waals surface area contributed by atoms with Crippen LogP contribution in [0.15, 0.2) is 50.9 Å². The van der Waals surface area contributed by atoms with E-state index in [9.17, 15) is 14.4 Å². The van der Waals surface area contributed by atoms with Gasteiger partial charge in [0.2, 0.25) is 0 Å². The van der Waals surface area contributed by atoms with Crippen LogP contribution in [0.4, 0.5) is 4.79 Å². The Morgan fingerprint density at radius 1 is 1.03 bits per heavy atom. The van der Waals surface area contributed by atoms with Crippen molar-refractivity contribution >= 4 is 55.8 Å². The number of benzene rings is 2. The molecule has 1 aliphatic heterocycles. The highest BCUT2D eigenvalue weighted by Crippen LogP contribution is 2.38. The van der Waals surface area contributed by atoms with Crippen molar-refractivity contribution < 1.29 is 23.9 Å². The van der Waals surface area contributed by atoms with Crippen molar-refractivity contribution in [3.63, 3.8) is 0 Å². The third kappa shape index (κ3) is 5.95. The van der Waals surface area contributed by atoms with Crippen LogP contribution in [0.5, 0.6) is 11.5 Å². The van der Waals surface area contributed by atoms with Gasteiger partial charge < -0.3 is 9.47 Å². The number of hydrogen-bond donors (Lipinski definition) is 1. The lowest BCUT2D eigenvalue weighted by atomic mass is 9.93. The molecular weight excluding hydrogens is 580 g/mol. The minimum Gasteiger partial charge on any atom is -0.490 e. The molecule has 0 bridgehead atoms. The number of urea groups is 1. The number of rotatable bonds is 7. The van der Waals surface area contributed by atoms with E-state index in [1.807, 2.05) is 31.2 Å². The molecule has 2 aliphatic rings. The van der Waals surface area contributed by atoms with Crippen LogP contribution in [-0.2, 0) is 16.2 Å². The van der Waals surface area contributed by atoms with Crippen LogP contribution in [-0.4, -0.2) is 35.4 Å². The zero-order chi connectivity index (χ0) is 24.9. The van der Waals surface area contributed by atoms with Gasteiger partial charge in [0.1, 0.15) is 12.2 Å². The molecule has 1 aliphatic carbocycles. The minimum absolute atomic E-state index is 0.0759. The van der Waals surface area contributed by atoms with E-state index in [-0.39, 0.29) is 11.6 Å². The molecule has 2 fully saturated rings. The smallest absolute Gasteiger partial charge is 0.331 e. The number of hydrogen-bond acceptors (Lipinski definition) is 5. The lowest BCUT2D eigenvalue weighted by Gasteiger charge is -2.35. The number of nitrogens with zero attached hydrogens (tertiary/aromatic N) is 1. The van der Waals surface area contributed by atoms with Gasteiger partial charge in [-0.25, -0.2) is 4.79 Å². The van der Waals surface area contributed by atoms with Crippen molar-refractivity contribution in [2.75, 3.05) is 6.61 Å². The summed E-state index contributed by atoms with van der Waals surface area (Å²) >= 11 is 6.96. The Labute approximate surface area is 221 Å². The van der Waals surface area contributed by atoms with Crippen molar-refractivity contribution in [3.05, 3.63) is 62.0 Å². The van der Waals surface area contributed by atoms with Crippen LogP contribution in [0.25, 0.3) is 6.08 Å². The first kappa shape index (κ1) is 25.4. The minimum atomic E-state index is -0.697. The summed E-state index contributed by atoms with van der Waals surface area (Å²) < 4.78 is 13.4. The van der Waals surface area contributed by atoms with E-state index in [0.717, 1.165) is 42.1 Å². The predicted octanol–water partition coefficient (Wildman–Crippen LogP) is 5.98. The maximum Gasteiger partial charge on any atom is 0.331 e. The molecule has 35 heavy (non-hydrogen) atoms. The molecule has 2 aromatic carbocycles. The molecule has 0 atom stereocenters. The monoisotopic (exact) mass is 604 g/mol. The number of imide groups is 2. The second-order valence-corrected chi connectivity index (χ2v) is 10.2. The number of carbonyl (C=O) groups is 3. The van der Waals surface area contributed by atoms with Crippen molar-refractivity contribution in [2.45, 2.75) is 51.7 Å². The zero-order valence-corrected chi connectivity index (χ0v) is 22.5. The maximum atomic E-state index is 13.2. The fourth-order valence-corrected chi connectivity index (χ4v) is 5.16. The molecular formula is C26H26Br2N2O5. The highest BCUT2D eigenvalue weighted by Gasteiger charge is 2.40. The zero-order valence-electron chi connectivity index (χ0n) is 19.3. The number of amides is 4. The van der Waals surface area contributed by atoms with Gasteiger partial charge in [-0.3, -0.25) is 19.8 Å². The topological polar surface area (TPSA) is 84.9 Å². The van der Waals surface area contributed by atoms with E-state index in [1.165, 1.54) is 11.0 Å². The molecule has 7 nitrogen and oxygen atoms in total. The van der Waals surface area contributed by atoms with Crippen molar-refractivity contribution in [1.82, 2.24) is 10.2 Å².